The molecule has 1 saturated heterocycles. The molecule has 6 nitrogen and oxygen atoms in total. The molecule has 0 N–H and O–H groups in total. The summed E-state index contributed by atoms with van der Waals surface area (Å²) in [4.78, 5) is 18.9. The number of hydrogen-bond acceptors (Lipinski definition) is 5. The van der Waals surface area contributed by atoms with Crippen molar-refractivity contribution >= 4 is 23.1 Å². The average molecular weight is 333 g/mol. The number of pyridine rings is 1. The van der Waals surface area contributed by atoms with Gasteiger partial charge in [0.25, 0.3) is 5.69 Å². The SMILES string of the molecule is O=[N+]([O-])c1ccc(N2CCN(Cc3cccc(Cl)c3)CC2)nc1. The molecule has 0 amide bonds. The molecule has 23 heavy (non-hydrogen) atoms. The largest absolute Gasteiger partial charge is 0.354 e. The van der Waals surface area contributed by atoms with Crippen LogP contribution >= 0.6 is 11.6 Å². The molecule has 1 aliphatic heterocycles. The Morgan fingerprint density at radius 3 is 2.57 bits per heavy atom. The van der Waals surface area contributed by atoms with Crippen molar-refractivity contribution in [3.8, 4) is 0 Å². The molecule has 0 atom stereocenters. The van der Waals surface area contributed by atoms with E-state index in [1.54, 1.807) is 6.07 Å². The summed E-state index contributed by atoms with van der Waals surface area (Å²) in [6, 6.07) is 11.1. The van der Waals surface area contributed by atoms with Crippen molar-refractivity contribution in [2.45, 2.75) is 6.54 Å². The molecular formula is C16H17ClN4O2. The number of nitrogens with zero attached hydrogens (tertiary/aromatic N) is 4. The van der Waals surface area contributed by atoms with Crippen molar-refractivity contribution in [3.05, 3.63) is 63.3 Å². The van der Waals surface area contributed by atoms with E-state index in [0.29, 0.717) is 0 Å². The second kappa shape index (κ2) is 6.93. The number of piperazine rings is 1. The third-order valence-corrected chi connectivity index (χ3v) is 4.17. The van der Waals surface area contributed by atoms with Crippen LogP contribution in [-0.2, 0) is 6.54 Å². The molecule has 0 bridgehead atoms. The number of halogens is 1. The van der Waals surface area contributed by atoms with Gasteiger partial charge >= 0.3 is 0 Å². The van der Waals surface area contributed by atoms with E-state index in [1.807, 2.05) is 18.2 Å². The van der Waals surface area contributed by atoms with E-state index in [4.69, 9.17) is 11.6 Å². The summed E-state index contributed by atoms with van der Waals surface area (Å²) >= 11 is 6.02. The summed E-state index contributed by atoms with van der Waals surface area (Å²) < 4.78 is 0. The summed E-state index contributed by atoms with van der Waals surface area (Å²) in [6.07, 6.45) is 1.31. The average Bonchev–Trinajstić information content (AvgIpc) is 2.56. The monoisotopic (exact) mass is 332 g/mol. The molecule has 2 aromatic rings. The minimum Gasteiger partial charge on any atom is -0.354 e. The fraction of sp³-hybridized carbons (Fsp3) is 0.312. The van der Waals surface area contributed by atoms with Crippen LogP contribution in [0.1, 0.15) is 5.56 Å². The minimum atomic E-state index is -0.431. The maximum absolute atomic E-state index is 10.7. The van der Waals surface area contributed by atoms with Crippen LogP contribution in [0.5, 0.6) is 0 Å². The smallest absolute Gasteiger partial charge is 0.287 e. The Morgan fingerprint density at radius 1 is 1.17 bits per heavy atom. The van der Waals surface area contributed by atoms with Gasteiger partial charge in [-0.25, -0.2) is 4.98 Å². The van der Waals surface area contributed by atoms with Gasteiger partial charge in [0.2, 0.25) is 0 Å². The molecule has 0 radical (unpaired) electrons. The van der Waals surface area contributed by atoms with Gasteiger partial charge in [-0.05, 0) is 23.8 Å². The Morgan fingerprint density at radius 2 is 1.96 bits per heavy atom. The summed E-state index contributed by atoms with van der Waals surface area (Å²) in [5.74, 6) is 0.790. The van der Waals surface area contributed by atoms with E-state index >= 15 is 0 Å². The zero-order valence-corrected chi connectivity index (χ0v) is 13.3. The van der Waals surface area contributed by atoms with Crippen LogP contribution in [0.2, 0.25) is 5.02 Å². The minimum absolute atomic E-state index is 0.0216. The van der Waals surface area contributed by atoms with Gasteiger partial charge < -0.3 is 4.90 Å². The van der Waals surface area contributed by atoms with Crippen LogP contribution in [0, 0.1) is 10.1 Å². The van der Waals surface area contributed by atoms with E-state index in [1.165, 1.54) is 17.8 Å². The molecule has 1 aliphatic rings. The van der Waals surface area contributed by atoms with Crippen LogP contribution in [0.25, 0.3) is 0 Å². The maximum atomic E-state index is 10.7. The Hall–Kier alpha value is -2.18. The van der Waals surface area contributed by atoms with Gasteiger partial charge in [0.15, 0.2) is 0 Å². The molecule has 7 heteroatoms. The van der Waals surface area contributed by atoms with E-state index in [2.05, 4.69) is 20.9 Å². The Balaban J connectivity index is 1.56. The summed E-state index contributed by atoms with van der Waals surface area (Å²) in [7, 11) is 0. The molecule has 1 fully saturated rings. The van der Waals surface area contributed by atoms with Crippen molar-refractivity contribution in [2.24, 2.45) is 0 Å². The van der Waals surface area contributed by atoms with E-state index < -0.39 is 4.92 Å². The van der Waals surface area contributed by atoms with Gasteiger partial charge in [-0.3, -0.25) is 15.0 Å². The quantitative estimate of drug-likeness (QED) is 0.636. The van der Waals surface area contributed by atoms with Gasteiger partial charge in [0.05, 0.1) is 4.92 Å². The summed E-state index contributed by atoms with van der Waals surface area (Å²) in [5.41, 5.74) is 1.23. The highest BCUT2D eigenvalue weighted by Crippen LogP contribution is 2.19. The van der Waals surface area contributed by atoms with Gasteiger partial charge in [0, 0.05) is 43.8 Å². The van der Waals surface area contributed by atoms with Gasteiger partial charge in [0.1, 0.15) is 12.0 Å². The Kier molecular flexibility index (Phi) is 4.73. The highest BCUT2D eigenvalue weighted by atomic mass is 35.5. The van der Waals surface area contributed by atoms with Crippen molar-refractivity contribution in [1.82, 2.24) is 9.88 Å². The lowest BCUT2D eigenvalue weighted by Gasteiger charge is -2.35. The van der Waals surface area contributed by atoms with Crippen LogP contribution in [-0.4, -0.2) is 41.0 Å². The number of aromatic nitrogens is 1. The van der Waals surface area contributed by atoms with Crippen molar-refractivity contribution in [1.29, 1.82) is 0 Å². The lowest BCUT2D eigenvalue weighted by Crippen LogP contribution is -2.46. The molecule has 3 rings (SSSR count). The second-order valence-corrected chi connectivity index (χ2v) is 5.96. The fourth-order valence-electron chi connectivity index (χ4n) is 2.70. The van der Waals surface area contributed by atoms with E-state index in [-0.39, 0.29) is 5.69 Å². The first-order valence-corrected chi connectivity index (χ1v) is 7.82. The highest BCUT2D eigenvalue weighted by molar-refractivity contribution is 6.30. The molecule has 2 heterocycles. The zero-order chi connectivity index (χ0) is 16.2. The van der Waals surface area contributed by atoms with Crippen molar-refractivity contribution in [3.63, 3.8) is 0 Å². The van der Waals surface area contributed by atoms with E-state index in [0.717, 1.165) is 43.6 Å². The molecule has 1 aromatic carbocycles. The topological polar surface area (TPSA) is 62.5 Å². The number of anilines is 1. The van der Waals surface area contributed by atoms with E-state index in [9.17, 15) is 10.1 Å². The molecule has 0 spiro atoms. The molecular weight excluding hydrogens is 316 g/mol. The van der Waals surface area contributed by atoms with Gasteiger partial charge in [-0.1, -0.05) is 23.7 Å². The number of hydrogen-bond donors (Lipinski definition) is 0. The Bertz CT molecular complexity index is 685. The molecule has 0 unspecified atom stereocenters. The zero-order valence-electron chi connectivity index (χ0n) is 12.6. The third kappa shape index (κ3) is 3.97. The molecule has 0 aliphatic carbocycles. The second-order valence-electron chi connectivity index (χ2n) is 5.52. The first-order chi connectivity index (χ1) is 11.1. The lowest BCUT2D eigenvalue weighted by molar-refractivity contribution is -0.385. The van der Waals surface area contributed by atoms with Gasteiger partial charge in [-0.2, -0.15) is 0 Å². The molecule has 0 saturated carbocycles. The van der Waals surface area contributed by atoms with Crippen LogP contribution in [0.15, 0.2) is 42.6 Å². The summed E-state index contributed by atoms with van der Waals surface area (Å²) in [6.45, 7) is 4.43. The maximum Gasteiger partial charge on any atom is 0.287 e. The van der Waals surface area contributed by atoms with Crippen molar-refractivity contribution < 1.29 is 4.92 Å². The fourth-order valence-corrected chi connectivity index (χ4v) is 2.91. The summed E-state index contributed by atoms with van der Waals surface area (Å²) in [5, 5.41) is 11.4. The van der Waals surface area contributed by atoms with Crippen LogP contribution < -0.4 is 4.90 Å². The molecule has 1 aromatic heterocycles. The first kappa shape index (κ1) is 15.7. The lowest BCUT2D eigenvalue weighted by atomic mass is 10.2. The highest BCUT2D eigenvalue weighted by Gasteiger charge is 2.18. The van der Waals surface area contributed by atoms with Crippen molar-refractivity contribution in [2.75, 3.05) is 31.1 Å². The standard InChI is InChI=1S/C16H17ClN4O2/c17-14-3-1-2-13(10-14)12-19-6-8-20(9-7-19)16-5-4-15(11-18-16)21(22)23/h1-5,10-11H,6-9,12H2. The number of benzene rings is 1. The third-order valence-electron chi connectivity index (χ3n) is 3.93. The number of rotatable bonds is 4. The van der Waals surface area contributed by atoms with Crippen LogP contribution in [0.4, 0.5) is 11.5 Å². The predicted molar refractivity (Wildman–Crippen MR) is 89.8 cm³/mol. The number of nitro groups is 1. The molecule has 120 valence electrons. The predicted octanol–water partition coefficient (Wildman–Crippen LogP) is 2.97. The Labute approximate surface area is 139 Å². The van der Waals surface area contributed by atoms with Crippen LogP contribution in [0.3, 0.4) is 0 Å². The first-order valence-electron chi connectivity index (χ1n) is 7.44. The van der Waals surface area contributed by atoms with Gasteiger partial charge in [-0.15, -0.1) is 0 Å². The normalized spacial score (nSPS) is 15.6.